The monoisotopic (exact) mass is 259 g/mol. The van der Waals surface area contributed by atoms with Crippen molar-refractivity contribution >= 4 is 0 Å². The second-order valence-electron chi connectivity index (χ2n) is 4.33. The maximum absolute atomic E-state index is 4.55. The highest BCUT2D eigenvalue weighted by molar-refractivity contribution is 5.33. The second-order valence-corrected chi connectivity index (χ2v) is 4.33. The lowest BCUT2D eigenvalue weighted by Gasteiger charge is -2.09. The Kier molecular flexibility index (Phi) is 4.63. The van der Waals surface area contributed by atoms with E-state index < -0.39 is 0 Å². The SMILES string of the molecule is CCNCc1cccnc1-n1nc(CC)nc1CC. The molecule has 0 amide bonds. The zero-order valence-corrected chi connectivity index (χ0v) is 11.8. The van der Waals surface area contributed by atoms with E-state index in [1.165, 1.54) is 0 Å². The molecule has 0 radical (unpaired) electrons. The minimum Gasteiger partial charge on any atom is -0.313 e. The van der Waals surface area contributed by atoms with Gasteiger partial charge in [-0.2, -0.15) is 4.68 Å². The Hall–Kier alpha value is -1.75. The van der Waals surface area contributed by atoms with Crippen LogP contribution in [-0.4, -0.2) is 26.3 Å². The Balaban J connectivity index is 2.42. The average Bonchev–Trinajstić information content (AvgIpc) is 2.88. The molecule has 0 fully saturated rings. The molecule has 0 atom stereocenters. The lowest BCUT2D eigenvalue weighted by molar-refractivity contribution is 0.699. The van der Waals surface area contributed by atoms with Gasteiger partial charge in [0, 0.05) is 31.1 Å². The molecule has 5 heteroatoms. The standard InChI is InChI=1S/C14H21N5/c1-4-12-17-13(5-2)19(18-12)14-11(10-15-6-3)8-7-9-16-14/h7-9,15H,4-6,10H2,1-3H3. The molecule has 1 N–H and O–H groups in total. The fraction of sp³-hybridized carbons (Fsp3) is 0.500. The summed E-state index contributed by atoms with van der Waals surface area (Å²) < 4.78 is 1.88. The Morgan fingerprint density at radius 2 is 2.05 bits per heavy atom. The fourth-order valence-corrected chi connectivity index (χ4v) is 1.96. The molecule has 0 saturated carbocycles. The van der Waals surface area contributed by atoms with Crippen LogP contribution in [-0.2, 0) is 19.4 Å². The van der Waals surface area contributed by atoms with Crippen LogP contribution in [0.3, 0.4) is 0 Å². The Morgan fingerprint density at radius 1 is 1.21 bits per heavy atom. The van der Waals surface area contributed by atoms with Gasteiger partial charge in [0.1, 0.15) is 5.82 Å². The van der Waals surface area contributed by atoms with Crippen molar-refractivity contribution in [2.24, 2.45) is 0 Å². The van der Waals surface area contributed by atoms with E-state index in [0.29, 0.717) is 0 Å². The van der Waals surface area contributed by atoms with Gasteiger partial charge in [0.25, 0.3) is 0 Å². The molecule has 5 nitrogen and oxygen atoms in total. The molecule has 0 aliphatic rings. The molecule has 2 rings (SSSR count). The van der Waals surface area contributed by atoms with Gasteiger partial charge in [0.2, 0.25) is 0 Å². The van der Waals surface area contributed by atoms with Crippen LogP contribution in [0.25, 0.3) is 5.82 Å². The van der Waals surface area contributed by atoms with Crippen LogP contribution in [0, 0.1) is 0 Å². The molecule has 0 aliphatic heterocycles. The third-order valence-electron chi connectivity index (χ3n) is 2.98. The highest BCUT2D eigenvalue weighted by Gasteiger charge is 2.13. The van der Waals surface area contributed by atoms with Gasteiger partial charge in [-0.1, -0.05) is 26.8 Å². The first kappa shape index (κ1) is 13.7. The van der Waals surface area contributed by atoms with E-state index in [9.17, 15) is 0 Å². The van der Waals surface area contributed by atoms with Crippen molar-refractivity contribution in [1.82, 2.24) is 25.1 Å². The number of pyridine rings is 1. The molecule has 0 aliphatic carbocycles. The zero-order valence-electron chi connectivity index (χ0n) is 11.8. The van der Waals surface area contributed by atoms with E-state index in [1.54, 1.807) is 6.20 Å². The Labute approximate surface area is 114 Å². The topological polar surface area (TPSA) is 55.6 Å². The van der Waals surface area contributed by atoms with E-state index in [0.717, 1.165) is 49.0 Å². The zero-order chi connectivity index (χ0) is 13.7. The van der Waals surface area contributed by atoms with E-state index in [4.69, 9.17) is 0 Å². The Bertz CT molecular complexity index is 532. The summed E-state index contributed by atoms with van der Waals surface area (Å²) >= 11 is 0. The molecule has 2 aromatic heterocycles. The number of hydrogen-bond acceptors (Lipinski definition) is 4. The van der Waals surface area contributed by atoms with E-state index in [2.05, 4.69) is 47.2 Å². The van der Waals surface area contributed by atoms with Gasteiger partial charge < -0.3 is 5.32 Å². The first-order chi connectivity index (χ1) is 9.30. The van der Waals surface area contributed by atoms with Gasteiger partial charge in [-0.15, -0.1) is 5.10 Å². The van der Waals surface area contributed by atoms with Gasteiger partial charge in [-0.25, -0.2) is 9.97 Å². The van der Waals surface area contributed by atoms with Crippen molar-refractivity contribution in [1.29, 1.82) is 0 Å². The highest BCUT2D eigenvalue weighted by Crippen LogP contribution is 2.13. The minimum absolute atomic E-state index is 0.796. The summed E-state index contributed by atoms with van der Waals surface area (Å²) in [5.41, 5.74) is 1.15. The van der Waals surface area contributed by atoms with Crippen molar-refractivity contribution in [2.75, 3.05) is 6.54 Å². The van der Waals surface area contributed by atoms with E-state index >= 15 is 0 Å². The fourth-order valence-electron chi connectivity index (χ4n) is 1.96. The molecule has 0 unspecified atom stereocenters. The predicted octanol–water partition coefficient (Wildman–Crippen LogP) is 1.90. The number of aryl methyl sites for hydroxylation is 2. The first-order valence-corrected chi connectivity index (χ1v) is 6.89. The summed E-state index contributed by atoms with van der Waals surface area (Å²) in [5, 5.41) is 7.89. The molecule has 0 spiro atoms. The maximum atomic E-state index is 4.55. The summed E-state index contributed by atoms with van der Waals surface area (Å²) in [6.07, 6.45) is 3.50. The highest BCUT2D eigenvalue weighted by atomic mass is 15.4. The van der Waals surface area contributed by atoms with Gasteiger partial charge in [0.05, 0.1) is 0 Å². The molecule has 102 valence electrons. The number of nitrogens with one attached hydrogen (secondary N) is 1. The molecular weight excluding hydrogens is 238 g/mol. The summed E-state index contributed by atoms with van der Waals surface area (Å²) in [5.74, 6) is 2.72. The number of nitrogens with zero attached hydrogens (tertiary/aromatic N) is 4. The van der Waals surface area contributed by atoms with Gasteiger partial charge in [-0.05, 0) is 12.6 Å². The predicted molar refractivity (Wildman–Crippen MR) is 75.3 cm³/mol. The van der Waals surface area contributed by atoms with E-state index in [-0.39, 0.29) is 0 Å². The van der Waals surface area contributed by atoms with Crippen molar-refractivity contribution in [3.8, 4) is 5.82 Å². The third kappa shape index (κ3) is 2.98. The number of aromatic nitrogens is 4. The molecular formula is C14H21N5. The van der Waals surface area contributed by atoms with Gasteiger partial charge >= 0.3 is 0 Å². The van der Waals surface area contributed by atoms with Crippen LogP contribution in [0.4, 0.5) is 0 Å². The number of rotatable bonds is 6. The largest absolute Gasteiger partial charge is 0.313 e. The van der Waals surface area contributed by atoms with Crippen LogP contribution in [0.5, 0.6) is 0 Å². The van der Waals surface area contributed by atoms with Crippen LogP contribution in [0.2, 0.25) is 0 Å². The molecule has 2 heterocycles. The van der Waals surface area contributed by atoms with Crippen LogP contribution in [0.15, 0.2) is 18.3 Å². The quantitative estimate of drug-likeness (QED) is 0.861. The minimum atomic E-state index is 0.796. The Morgan fingerprint density at radius 3 is 2.74 bits per heavy atom. The van der Waals surface area contributed by atoms with E-state index in [1.807, 2.05) is 10.7 Å². The summed E-state index contributed by atoms with van der Waals surface area (Å²) in [6, 6.07) is 4.04. The molecule has 0 bridgehead atoms. The molecule has 2 aromatic rings. The lowest BCUT2D eigenvalue weighted by Crippen LogP contribution is -2.16. The summed E-state index contributed by atoms with van der Waals surface area (Å²) in [4.78, 5) is 9.01. The van der Waals surface area contributed by atoms with Crippen LogP contribution >= 0.6 is 0 Å². The summed E-state index contributed by atoms with van der Waals surface area (Å²) in [6.45, 7) is 7.98. The second kappa shape index (κ2) is 6.43. The van der Waals surface area contributed by atoms with Crippen molar-refractivity contribution in [2.45, 2.75) is 40.2 Å². The number of hydrogen-bond donors (Lipinski definition) is 1. The first-order valence-electron chi connectivity index (χ1n) is 6.89. The van der Waals surface area contributed by atoms with Crippen molar-refractivity contribution in [3.05, 3.63) is 35.5 Å². The van der Waals surface area contributed by atoms with Crippen LogP contribution < -0.4 is 5.32 Å². The smallest absolute Gasteiger partial charge is 0.159 e. The molecule has 0 saturated heterocycles. The average molecular weight is 259 g/mol. The molecule has 19 heavy (non-hydrogen) atoms. The normalized spacial score (nSPS) is 10.9. The van der Waals surface area contributed by atoms with Crippen molar-refractivity contribution in [3.63, 3.8) is 0 Å². The van der Waals surface area contributed by atoms with Crippen LogP contribution in [0.1, 0.15) is 38.0 Å². The van der Waals surface area contributed by atoms with Crippen molar-refractivity contribution < 1.29 is 0 Å². The maximum Gasteiger partial charge on any atom is 0.159 e. The third-order valence-corrected chi connectivity index (χ3v) is 2.98. The lowest BCUT2D eigenvalue weighted by atomic mass is 10.2. The van der Waals surface area contributed by atoms with Gasteiger partial charge in [-0.3, -0.25) is 0 Å². The molecule has 0 aromatic carbocycles. The van der Waals surface area contributed by atoms with Gasteiger partial charge in [0.15, 0.2) is 11.6 Å². The summed E-state index contributed by atoms with van der Waals surface area (Å²) in [7, 11) is 0.